The second kappa shape index (κ2) is 4.37. The zero-order valence-corrected chi connectivity index (χ0v) is 12.8. The van der Waals surface area contributed by atoms with E-state index >= 15 is 0 Å². The maximum absolute atomic E-state index is 10.9. The third-order valence-corrected chi connectivity index (χ3v) is 7.03. The molecule has 0 saturated heterocycles. The number of aliphatic hydroxyl groups is 1. The maximum Gasteiger partial charge on any atom is 0.130 e. The number of benzene rings is 1. The number of hydrogen-bond acceptors (Lipinski definition) is 1. The number of hydrogen-bond donors (Lipinski definition) is 1. The predicted molar refractivity (Wildman–Crippen MR) is 84.8 cm³/mol. The van der Waals surface area contributed by atoms with Gasteiger partial charge in [-0.05, 0) is 67.4 Å². The van der Waals surface area contributed by atoms with Crippen LogP contribution >= 0.6 is 0 Å². The smallest absolute Gasteiger partial charge is 0.130 e. The molecule has 1 aromatic carbocycles. The Labute approximate surface area is 127 Å². The van der Waals surface area contributed by atoms with Crippen LogP contribution in [0.1, 0.15) is 56.1 Å². The van der Waals surface area contributed by atoms with Crippen molar-refractivity contribution in [2.45, 2.75) is 57.0 Å². The first-order valence-corrected chi connectivity index (χ1v) is 8.37. The van der Waals surface area contributed by atoms with Crippen molar-refractivity contribution >= 4 is 0 Å². The zero-order chi connectivity index (χ0) is 14.7. The van der Waals surface area contributed by atoms with Gasteiger partial charge in [-0.15, -0.1) is 6.42 Å². The van der Waals surface area contributed by atoms with Crippen molar-refractivity contribution in [2.24, 2.45) is 17.3 Å². The van der Waals surface area contributed by atoms with Gasteiger partial charge >= 0.3 is 0 Å². The van der Waals surface area contributed by atoms with E-state index in [0.717, 1.165) is 19.3 Å². The molecular weight excluding hydrogens is 256 g/mol. The molecule has 4 rings (SSSR count). The highest BCUT2D eigenvalue weighted by molar-refractivity contribution is 5.36. The Hall–Kier alpha value is -1.26. The van der Waals surface area contributed by atoms with Gasteiger partial charge < -0.3 is 5.11 Å². The highest BCUT2D eigenvalue weighted by atomic mass is 16.3. The van der Waals surface area contributed by atoms with Crippen molar-refractivity contribution < 1.29 is 5.11 Å². The van der Waals surface area contributed by atoms with Crippen LogP contribution in [-0.2, 0) is 6.42 Å². The summed E-state index contributed by atoms with van der Waals surface area (Å²) in [6.07, 6.45) is 12.3. The van der Waals surface area contributed by atoms with Gasteiger partial charge in [0.05, 0.1) is 0 Å². The summed E-state index contributed by atoms with van der Waals surface area (Å²) in [5.74, 6) is 4.74. The van der Waals surface area contributed by atoms with Crippen molar-refractivity contribution in [3.8, 4) is 12.3 Å². The van der Waals surface area contributed by atoms with Gasteiger partial charge in [0.15, 0.2) is 0 Å². The Morgan fingerprint density at radius 1 is 1.19 bits per heavy atom. The predicted octanol–water partition coefficient (Wildman–Crippen LogP) is 3.91. The highest BCUT2D eigenvalue weighted by Crippen LogP contribution is 2.63. The molecule has 5 atom stereocenters. The summed E-state index contributed by atoms with van der Waals surface area (Å²) in [5.41, 5.74) is 2.17. The van der Waals surface area contributed by atoms with E-state index < -0.39 is 5.60 Å². The van der Waals surface area contributed by atoms with Crippen LogP contribution in [0, 0.1) is 29.6 Å². The Balaban J connectivity index is 1.73. The Morgan fingerprint density at radius 3 is 2.81 bits per heavy atom. The van der Waals surface area contributed by atoms with Gasteiger partial charge in [0, 0.05) is 5.41 Å². The van der Waals surface area contributed by atoms with E-state index in [4.69, 9.17) is 6.42 Å². The van der Waals surface area contributed by atoms with E-state index in [0.29, 0.717) is 17.8 Å². The van der Waals surface area contributed by atoms with Gasteiger partial charge in [0.25, 0.3) is 0 Å². The third-order valence-electron chi connectivity index (χ3n) is 7.03. The zero-order valence-electron chi connectivity index (χ0n) is 12.8. The van der Waals surface area contributed by atoms with E-state index in [9.17, 15) is 5.11 Å². The van der Waals surface area contributed by atoms with Gasteiger partial charge in [0.2, 0.25) is 0 Å². The largest absolute Gasteiger partial charge is 0.377 e. The summed E-state index contributed by atoms with van der Waals surface area (Å²) >= 11 is 0. The summed E-state index contributed by atoms with van der Waals surface area (Å²) in [7, 11) is 0. The van der Waals surface area contributed by atoms with Crippen molar-refractivity contribution in [1.29, 1.82) is 0 Å². The molecule has 0 spiro atoms. The molecule has 110 valence electrons. The molecule has 1 aromatic rings. The normalized spacial score (nSPS) is 44.3. The van der Waals surface area contributed by atoms with Crippen molar-refractivity contribution in [3.05, 3.63) is 35.4 Å². The molecule has 0 bridgehead atoms. The van der Waals surface area contributed by atoms with E-state index in [1.807, 2.05) is 0 Å². The molecule has 3 aliphatic carbocycles. The first kappa shape index (κ1) is 13.4. The Bertz CT molecular complexity index is 613. The lowest BCUT2D eigenvalue weighted by molar-refractivity contribution is -0.0646. The average molecular weight is 280 g/mol. The minimum Gasteiger partial charge on any atom is -0.377 e. The molecule has 0 heterocycles. The van der Waals surface area contributed by atoms with Crippen LogP contribution in [0.2, 0.25) is 0 Å². The van der Waals surface area contributed by atoms with Crippen molar-refractivity contribution in [1.82, 2.24) is 0 Å². The van der Waals surface area contributed by atoms with Gasteiger partial charge in [-0.3, -0.25) is 0 Å². The molecule has 0 radical (unpaired) electrons. The first-order chi connectivity index (χ1) is 10.1. The summed E-state index contributed by atoms with van der Waals surface area (Å²) in [4.78, 5) is 0. The van der Waals surface area contributed by atoms with E-state index in [1.165, 1.54) is 19.3 Å². The molecule has 1 heteroatoms. The summed E-state index contributed by atoms with van der Waals surface area (Å²) in [6, 6.07) is 8.98. The second-order valence-electron chi connectivity index (χ2n) is 7.61. The van der Waals surface area contributed by atoms with Crippen molar-refractivity contribution in [2.75, 3.05) is 0 Å². The molecule has 2 fully saturated rings. The fourth-order valence-electron chi connectivity index (χ4n) is 5.78. The SMILES string of the molecule is C#C[C@@]1(O)CC[C@H]2[C@@H]3CCc4ccccc4[C@H]3CC[C@@]21C. The van der Waals surface area contributed by atoms with Crippen LogP contribution in [-0.4, -0.2) is 10.7 Å². The molecule has 21 heavy (non-hydrogen) atoms. The van der Waals surface area contributed by atoms with Crippen LogP contribution in [0.5, 0.6) is 0 Å². The lowest BCUT2D eigenvalue weighted by Gasteiger charge is -2.52. The third kappa shape index (κ3) is 1.63. The lowest BCUT2D eigenvalue weighted by atomic mass is 9.53. The Morgan fingerprint density at radius 2 is 2.00 bits per heavy atom. The molecule has 2 saturated carbocycles. The van der Waals surface area contributed by atoms with E-state index in [-0.39, 0.29) is 5.41 Å². The van der Waals surface area contributed by atoms with E-state index in [1.54, 1.807) is 11.1 Å². The standard InChI is InChI=1S/C20H24O/c1-3-20(21)13-11-18-17-9-8-14-6-4-5-7-15(14)16(17)10-12-19(18,20)2/h1,4-7,16-18,21H,8-13H2,2H3/t16-,17-,18+,19+,20-/m1/s1. The molecular formula is C20H24O. The molecule has 0 amide bonds. The molecule has 0 aliphatic heterocycles. The summed E-state index contributed by atoms with van der Waals surface area (Å²) < 4.78 is 0. The Kier molecular flexibility index (Phi) is 2.79. The second-order valence-corrected chi connectivity index (χ2v) is 7.61. The van der Waals surface area contributed by atoms with Crippen LogP contribution in [0.15, 0.2) is 24.3 Å². The summed E-state index contributed by atoms with van der Waals surface area (Å²) in [5, 5.41) is 10.9. The number of aryl methyl sites for hydroxylation is 1. The molecule has 0 aromatic heterocycles. The maximum atomic E-state index is 10.9. The van der Waals surface area contributed by atoms with Gasteiger partial charge in [0.1, 0.15) is 5.60 Å². The molecule has 3 aliphatic rings. The highest BCUT2D eigenvalue weighted by Gasteiger charge is 2.60. The number of rotatable bonds is 0. The van der Waals surface area contributed by atoms with E-state index in [2.05, 4.69) is 37.1 Å². The summed E-state index contributed by atoms with van der Waals surface area (Å²) in [6.45, 7) is 2.25. The minimum atomic E-state index is -0.875. The molecule has 1 nitrogen and oxygen atoms in total. The van der Waals surface area contributed by atoms with Crippen LogP contribution in [0.25, 0.3) is 0 Å². The number of terminal acetylenes is 1. The van der Waals surface area contributed by atoms with Gasteiger partial charge in [-0.2, -0.15) is 0 Å². The number of fused-ring (bicyclic) bond motifs is 5. The topological polar surface area (TPSA) is 20.2 Å². The molecule has 0 unspecified atom stereocenters. The lowest BCUT2D eigenvalue weighted by Crippen LogP contribution is -2.50. The molecule has 1 N–H and O–H groups in total. The fourth-order valence-corrected chi connectivity index (χ4v) is 5.78. The first-order valence-electron chi connectivity index (χ1n) is 8.37. The van der Waals surface area contributed by atoms with Gasteiger partial charge in [-0.1, -0.05) is 37.1 Å². The van der Waals surface area contributed by atoms with Crippen LogP contribution in [0.3, 0.4) is 0 Å². The average Bonchev–Trinajstić information content (AvgIpc) is 2.79. The monoisotopic (exact) mass is 280 g/mol. The van der Waals surface area contributed by atoms with Gasteiger partial charge in [-0.25, -0.2) is 0 Å². The van der Waals surface area contributed by atoms with Crippen LogP contribution in [0.4, 0.5) is 0 Å². The van der Waals surface area contributed by atoms with Crippen molar-refractivity contribution in [3.63, 3.8) is 0 Å². The quantitative estimate of drug-likeness (QED) is 0.714. The minimum absolute atomic E-state index is 0.0742. The fraction of sp³-hybridized carbons (Fsp3) is 0.600. The van der Waals surface area contributed by atoms with Crippen LogP contribution < -0.4 is 0 Å².